The fraction of sp³-hybridized carbons (Fsp3) is 0.875. The molecule has 0 aliphatic rings. The zero-order valence-corrected chi connectivity index (χ0v) is 13.2. The lowest BCUT2D eigenvalue weighted by Gasteiger charge is -2.18. The molecule has 0 radical (unpaired) electrons. The number of aliphatic carboxylic acids is 1. The van der Waals surface area contributed by atoms with E-state index in [4.69, 9.17) is 9.84 Å². The number of hydrogen-bond donors (Lipinski definition) is 1. The van der Waals surface area contributed by atoms with Gasteiger partial charge < -0.3 is 9.84 Å². The average molecular weight is 286 g/mol. The number of esters is 1. The first-order valence-corrected chi connectivity index (χ1v) is 7.96. The van der Waals surface area contributed by atoms with Crippen molar-refractivity contribution in [3.63, 3.8) is 0 Å². The molecule has 4 nitrogen and oxygen atoms in total. The first-order chi connectivity index (χ1) is 9.56. The van der Waals surface area contributed by atoms with Crippen LogP contribution in [-0.2, 0) is 14.3 Å². The molecule has 4 heteroatoms. The maximum absolute atomic E-state index is 11.8. The molecule has 0 aliphatic carbocycles. The molecule has 118 valence electrons. The monoisotopic (exact) mass is 286 g/mol. The summed E-state index contributed by atoms with van der Waals surface area (Å²) in [7, 11) is 0. The molecule has 0 amide bonds. The third kappa shape index (κ3) is 8.18. The van der Waals surface area contributed by atoms with Crippen molar-refractivity contribution in [3.8, 4) is 0 Å². The summed E-state index contributed by atoms with van der Waals surface area (Å²) in [5.74, 6) is -2.28. The van der Waals surface area contributed by atoms with Gasteiger partial charge >= 0.3 is 11.9 Å². The third-order valence-electron chi connectivity index (χ3n) is 3.53. The Morgan fingerprint density at radius 3 is 2.10 bits per heavy atom. The van der Waals surface area contributed by atoms with Gasteiger partial charge in [-0.2, -0.15) is 0 Å². The normalized spacial score (nSPS) is 13.8. The largest absolute Gasteiger partial charge is 0.481 e. The molecule has 0 heterocycles. The summed E-state index contributed by atoms with van der Waals surface area (Å²) in [5, 5.41) is 9.02. The second-order valence-electron chi connectivity index (χ2n) is 5.46. The number of carboxylic acids is 1. The third-order valence-corrected chi connectivity index (χ3v) is 3.53. The number of ether oxygens (including phenoxy) is 1. The van der Waals surface area contributed by atoms with Gasteiger partial charge in [-0.3, -0.25) is 9.59 Å². The molecule has 0 fully saturated rings. The van der Waals surface area contributed by atoms with E-state index in [0.717, 1.165) is 25.7 Å². The van der Waals surface area contributed by atoms with Crippen LogP contribution in [0, 0.1) is 11.8 Å². The fourth-order valence-electron chi connectivity index (χ4n) is 2.33. The Morgan fingerprint density at radius 2 is 1.60 bits per heavy atom. The Bertz CT molecular complexity index is 276. The number of carbonyl (C=O) groups is 2. The van der Waals surface area contributed by atoms with Crippen molar-refractivity contribution in [1.29, 1.82) is 0 Å². The van der Waals surface area contributed by atoms with Crippen LogP contribution in [0.4, 0.5) is 0 Å². The Hall–Kier alpha value is -1.06. The molecule has 0 aromatic carbocycles. The molecule has 0 rings (SSSR count). The number of unbranched alkanes of at least 4 members (excludes halogenated alkanes) is 2. The maximum atomic E-state index is 11.8. The highest BCUT2D eigenvalue weighted by Crippen LogP contribution is 2.17. The van der Waals surface area contributed by atoms with Crippen LogP contribution in [0.1, 0.15) is 72.1 Å². The van der Waals surface area contributed by atoms with Crippen molar-refractivity contribution in [2.75, 3.05) is 6.61 Å². The van der Waals surface area contributed by atoms with E-state index in [-0.39, 0.29) is 0 Å². The molecule has 0 aromatic heterocycles. The highest BCUT2D eigenvalue weighted by molar-refractivity contribution is 5.93. The fourth-order valence-corrected chi connectivity index (χ4v) is 2.33. The summed E-state index contributed by atoms with van der Waals surface area (Å²) >= 11 is 0. The lowest BCUT2D eigenvalue weighted by Crippen LogP contribution is -2.27. The standard InChI is InChI=1S/C16H30O4/c1-4-7-8-11-13(9-5-2)12-20-16(19)14(10-6-3)15(17)18/h13-14H,4-12H2,1-3H3,(H,17,18). The highest BCUT2D eigenvalue weighted by atomic mass is 16.5. The molecule has 0 spiro atoms. The van der Waals surface area contributed by atoms with Gasteiger partial charge in [-0.15, -0.1) is 0 Å². The van der Waals surface area contributed by atoms with Gasteiger partial charge in [0.1, 0.15) is 0 Å². The second-order valence-corrected chi connectivity index (χ2v) is 5.46. The molecule has 0 bridgehead atoms. The quantitative estimate of drug-likeness (QED) is 0.334. The van der Waals surface area contributed by atoms with Crippen molar-refractivity contribution < 1.29 is 19.4 Å². The predicted octanol–water partition coefficient (Wildman–Crippen LogP) is 4.03. The summed E-state index contributed by atoms with van der Waals surface area (Å²) in [6.45, 7) is 6.51. The molecule has 2 atom stereocenters. The average Bonchev–Trinajstić information content (AvgIpc) is 2.41. The number of carboxylic acid groups (broad SMARTS) is 1. The van der Waals surface area contributed by atoms with Gasteiger partial charge in [-0.1, -0.05) is 52.9 Å². The first kappa shape index (κ1) is 18.9. The molecule has 20 heavy (non-hydrogen) atoms. The van der Waals surface area contributed by atoms with Gasteiger partial charge in [0, 0.05) is 0 Å². The van der Waals surface area contributed by atoms with Crippen LogP contribution in [0.2, 0.25) is 0 Å². The maximum Gasteiger partial charge on any atom is 0.320 e. The van der Waals surface area contributed by atoms with Gasteiger partial charge in [-0.25, -0.2) is 0 Å². The smallest absolute Gasteiger partial charge is 0.320 e. The summed E-state index contributed by atoms with van der Waals surface area (Å²) in [4.78, 5) is 22.8. The summed E-state index contributed by atoms with van der Waals surface area (Å²) in [6, 6.07) is 0. The molecular weight excluding hydrogens is 256 g/mol. The Labute approximate surface area is 122 Å². The number of hydrogen-bond acceptors (Lipinski definition) is 3. The zero-order valence-electron chi connectivity index (χ0n) is 13.2. The van der Waals surface area contributed by atoms with Crippen molar-refractivity contribution in [1.82, 2.24) is 0 Å². The number of carbonyl (C=O) groups excluding carboxylic acids is 1. The minimum absolute atomic E-state index is 0.350. The molecule has 0 aromatic rings. The molecule has 0 saturated carbocycles. The van der Waals surface area contributed by atoms with E-state index in [1.165, 1.54) is 12.8 Å². The molecule has 1 N–H and O–H groups in total. The van der Waals surface area contributed by atoms with Crippen LogP contribution in [0.5, 0.6) is 0 Å². The molecule has 0 saturated heterocycles. The van der Waals surface area contributed by atoms with E-state index < -0.39 is 17.9 Å². The Kier molecular flexibility index (Phi) is 11.1. The lowest BCUT2D eigenvalue weighted by atomic mass is 9.97. The summed E-state index contributed by atoms with van der Waals surface area (Å²) in [6.07, 6.45) is 7.69. The van der Waals surface area contributed by atoms with Crippen molar-refractivity contribution in [2.45, 2.75) is 72.1 Å². The van der Waals surface area contributed by atoms with Gasteiger partial charge in [0.05, 0.1) is 6.61 Å². The van der Waals surface area contributed by atoms with E-state index in [1.54, 1.807) is 0 Å². The Balaban J connectivity index is 4.22. The van der Waals surface area contributed by atoms with Gasteiger partial charge in [-0.05, 0) is 25.2 Å². The van der Waals surface area contributed by atoms with E-state index in [1.807, 2.05) is 6.92 Å². The Morgan fingerprint density at radius 1 is 0.950 bits per heavy atom. The zero-order chi connectivity index (χ0) is 15.4. The molecule has 0 aliphatic heterocycles. The van der Waals surface area contributed by atoms with Crippen LogP contribution in [0.15, 0.2) is 0 Å². The second kappa shape index (κ2) is 11.7. The molecular formula is C16H30O4. The molecule has 2 unspecified atom stereocenters. The SMILES string of the molecule is CCCCCC(CCC)COC(=O)C(CCC)C(=O)O. The van der Waals surface area contributed by atoms with Gasteiger partial charge in [0.2, 0.25) is 0 Å². The number of rotatable bonds is 12. The van der Waals surface area contributed by atoms with E-state index in [0.29, 0.717) is 25.4 Å². The predicted molar refractivity (Wildman–Crippen MR) is 79.5 cm³/mol. The van der Waals surface area contributed by atoms with Crippen LogP contribution in [-0.4, -0.2) is 23.7 Å². The lowest BCUT2D eigenvalue weighted by molar-refractivity contribution is -0.160. The van der Waals surface area contributed by atoms with E-state index >= 15 is 0 Å². The van der Waals surface area contributed by atoms with Gasteiger partial charge in [0.15, 0.2) is 5.92 Å². The first-order valence-electron chi connectivity index (χ1n) is 7.96. The van der Waals surface area contributed by atoms with Crippen LogP contribution in [0.25, 0.3) is 0 Å². The minimum Gasteiger partial charge on any atom is -0.481 e. The van der Waals surface area contributed by atoms with Crippen molar-refractivity contribution in [3.05, 3.63) is 0 Å². The summed E-state index contributed by atoms with van der Waals surface area (Å²) in [5.41, 5.74) is 0. The van der Waals surface area contributed by atoms with Crippen LogP contribution < -0.4 is 0 Å². The van der Waals surface area contributed by atoms with Crippen LogP contribution >= 0.6 is 0 Å². The highest BCUT2D eigenvalue weighted by Gasteiger charge is 2.27. The van der Waals surface area contributed by atoms with Crippen LogP contribution in [0.3, 0.4) is 0 Å². The minimum atomic E-state index is -1.07. The van der Waals surface area contributed by atoms with E-state index in [9.17, 15) is 9.59 Å². The van der Waals surface area contributed by atoms with Crippen molar-refractivity contribution >= 4 is 11.9 Å². The topological polar surface area (TPSA) is 63.6 Å². The van der Waals surface area contributed by atoms with Crippen molar-refractivity contribution in [2.24, 2.45) is 11.8 Å². The van der Waals surface area contributed by atoms with Gasteiger partial charge in [0.25, 0.3) is 0 Å². The summed E-state index contributed by atoms with van der Waals surface area (Å²) < 4.78 is 5.24. The van der Waals surface area contributed by atoms with E-state index in [2.05, 4.69) is 13.8 Å².